The lowest BCUT2D eigenvalue weighted by molar-refractivity contribution is 0.276. The predicted molar refractivity (Wildman–Crippen MR) is 56.6 cm³/mol. The maximum absolute atomic E-state index is 13.3. The fourth-order valence-electron chi connectivity index (χ4n) is 1.26. The van der Waals surface area contributed by atoms with Crippen LogP contribution >= 0.6 is 0 Å². The zero-order chi connectivity index (χ0) is 11.4. The Morgan fingerprint density at radius 3 is 2.81 bits per heavy atom. The summed E-state index contributed by atoms with van der Waals surface area (Å²) in [4.78, 5) is 3.90. The number of hydrogen-bond donors (Lipinski definition) is 1. The van der Waals surface area contributed by atoms with Gasteiger partial charge >= 0.3 is 0 Å². The summed E-state index contributed by atoms with van der Waals surface area (Å²) in [5.74, 6) is 0.173. The Morgan fingerprint density at radius 1 is 1.25 bits per heavy atom. The predicted octanol–water partition coefficient (Wildman–Crippen LogP) is 2.51. The van der Waals surface area contributed by atoms with Gasteiger partial charge in [-0.25, -0.2) is 4.39 Å². The van der Waals surface area contributed by atoms with Crippen LogP contribution in [0.15, 0.2) is 42.6 Å². The van der Waals surface area contributed by atoms with Gasteiger partial charge in [0.05, 0.1) is 12.3 Å². The Balaban J connectivity index is 2.24. The molecule has 0 spiro atoms. The Kier molecular flexibility index (Phi) is 3.12. The third kappa shape index (κ3) is 2.35. The molecule has 0 aliphatic heterocycles. The van der Waals surface area contributed by atoms with Gasteiger partial charge in [-0.3, -0.25) is 4.98 Å². The number of benzene rings is 1. The molecule has 0 amide bonds. The molecule has 2 rings (SSSR count). The summed E-state index contributed by atoms with van der Waals surface area (Å²) < 4.78 is 18.6. The molecule has 82 valence electrons. The topological polar surface area (TPSA) is 42.4 Å². The molecule has 0 radical (unpaired) electrons. The largest absolute Gasteiger partial charge is 0.454 e. The molecule has 0 saturated heterocycles. The van der Waals surface area contributed by atoms with E-state index in [1.807, 2.05) is 0 Å². The van der Waals surface area contributed by atoms with Crippen molar-refractivity contribution in [1.29, 1.82) is 0 Å². The molecule has 0 aliphatic carbocycles. The molecule has 4 heteroatoms. The van der Waals surface area contributed by atoms with Gasteiger partial charge in [-0.15, -0.1) is 0 Å². The van der Waals surface area contributed by atoms with Crippen LogP contribution in [-0.4, -0.2) is 10.1 Å². The van der Waals surface area contributed by atoms with Crippen LogP contribution < -0.4 is 4.74 Å². The van der Waals surface area contributed by atoms with E-state index >= 15 is 0 Å². The maximum atomic E-state index is 13.3. The van der Waals surface area contributed by atoms with E-state index in [2.05, 4.69) is 4.98 Å². The fraction of sp³-hybridized carbons (Fsp3) is 0.0833. The Hall–Kier alpha value is -1.94. The van der Waals surface area contributed by atoms with Crippen molar-refractivity contribution in [3.8, 4) is 11.5 Å². The standard InChI is InChI=1S/C12H10FNO2/c13-11-3-1-2-4-12(11)16-10-5-6-14-9(7-10)8-15/h1-7,15H,8H2. The summed E-state index contributed by atoms with van der Waals surface area (Å²) in [6, 6.07) is 9.30. The molecule has 1 N–H and O–H groups in total. The first-order valence-corrected chi connectivity index (χ1v) is 4.78. The monoisotopic (exact) mass is 219 g/mol. The van der Waals surface area contributed by atoms with E-state index in [4.69, 9.17) is 9.84 Å². The third-order valence-electron chi connectivity index (χ3n) is 2.01. The summed E-state index contributed by atoms with van der Waals surface area (Å²) in [5, 5.41) is 8.89. The molecule has 0 saturated carbocycles. The van der Waals surface area contributed by atoms with Gasteiger partial charge in [-0.05, 0) is 18.2 Å². The van der Waals surface area contributed by atoms with Gasteiger partial charge in [-0.1, -0.05) is 12.1 Å². The highest BCUT2D eigenvalue weighted by atomic mass is 19.1. The minimum atomic E-state index is -0.426. The van der Waals surface area contributed by atoms with E-state index in [1.165, 1.54) is 18.3 Å². The van der Waals surface area contributed by atoms with Crippen molar-refractivity contribution in [2.75, 3.05) is 0 Å². The van der Waals surface area contributed by atoms with Crippen LogP contribution in [0.3, 0.4) is 0 Å². The van der Waals surface area contributed by atoms with E-state index in [-0.39, 0.29) is 12.4 Å². The van der Waals surface area contributed by atoms with Gasteiger partial charge in [0, 0.05) is 12.3 Å². The molecular weight excluding hydrogens is 209 g/mol. The second kappa shape index (κ2) is 4.72. The third-order valence-corrected chi connectivity index (χ3v) is 2.01. The lowest BCUT2D eigenvalue weighted by atomic mass is 10.3. The van der Waals surface area contributed by atoms with Crippen LogP contribution in [0.5, 0.6) is 11.5 Å². The van der Waals surface area contributed by atoms with Crippen LogP contribution in [0.25, 0.3) is 0 Å². The Morgan fingerprint density at radius 2 is 2.06 bits per heavy atom. The number of para-hydroxylation sites is 1. The van der Waals surface area contributed by atoms with Gasteiger partial charge in [-0.2, -0.15) is 0 Å². The number of aromatic nitrogens is 1. The SMILES string of the molecule is OCc1cc(Oc2ccccc2F)ccn1. The number of halogens is 1. The molecule has 1 heterocycles. The summed E-state index contributed by atoms with van der Waals surface area (Å²) in [6.45, 7) is -0.172. The molecule has 0 aliphatic rings. The molecule has 3 nitrogen and oxygen atoms in total. The Bertz CT molecular complexity index is 488. The molecule has 1 aromatic heterocycles. The van der Waals surface area contributed by atoms with Crippen molar-refractivity contribution in [3.63, 3.8) is 0 Å². The highest BCUT2D eigenvalue weighted by Crippen LogP contribution is 2.23. The highest BCUT2D eigenvalue weighted by molar-refractivity contribution is 5.31. The molecule has 0 fully saturated rings. The minimum Gasteiger partial charge on any atom is -0.454 e. The average Bonchev–Trinajstić information content (AvgIpc) is 2.32. The van der Waals surface area contributed by atoms with Crippen LogP contribution in [0.1, 0.15) is 5.69 Å². The van der Waals surface area contributed by atoms with Gasteiger partial charge in [0.25, 0.3) is 0 Å². The second-order valence-electron chi connectivity index (χ2n) is 3.17. The molecule has 0 bridgehead atoms. The van der Waals surface area contributed by atoms with Crippen LogP contribution in [0, 0.1) is 5.82 Å². The van der Waals surface area contributed by atoms with Crippen molar-refractivity contribution < 1.29 is 14.2 Å². The van der Waals surface area contributed by atoms with E-state index in [0.29, 0.717) is 11.4 Å². The lowest BCUT2D eigenvalue weighted by Gasteiger charge is -2.06. The van der Waals surface area contributed by atoms with E-state index in [9.17, 15) is 4.39 Å². The van der Waals surface area contributed by atoms with Gasteiger partial charge < -0.3 is 9.84 Å². The number of ether oxygens (including phenoxy) is 1. The number of aliphatic hydroxyl groups is 1. The van der Waals surface area contributed by atoms with E-state index in [1.54, 1.807) is 24.3 Å². The smallest absolute Gasteiger partial charge is 0.165 e. The number of rotatable bonds is 3. The highest BCUT2D eigenvalue weighted by Gasteiger charge is 2.03. The zero-order valence-corrected chi connectivity index (χ0v) is 8.43. The number of nitrogens with zero attached hydrogens (tertiary/aromatic N) is 1. The van der Waals surface area contributed by atoms with Gasteiger partial charge in [0.2, 0.25) is 0 Å². The number of pyridine rings is 1. The van der Waals surface area contributed by atoms with Crippen LogP contribution in [0.4, 0.5) is 4.39 Å². The van der Waals surface area contributed by atoms with Crippen molar-refractivity contribution in [2.45, 2.75) is 6.61 Å². The molecule has 2 aromatic rings. The first kappa shape index (κ1) is 10.6. The normalized spacial score (nSPS) is 10.1. The van der Waals surface area contributed by atoms with Crippen molar-refractivity contribution in [1.82, 2.24) is 4.98 Å². The quantitative estimate of drug-likeness (QED) is 0.862. The first-order chi connectivity index (χ1) is 7.79. The Labute approximate surface area is 92.1 Å². The van der Waals surface area contributed by atoms with E-state index < -0.39 is 5.82 Å². The second-order valence-corrected chi connectivity index (χ2v) is 3.17. The first-order valence-electron chi connectivity index (χ1n) is 4.78. The maximum Gasteiger partial charge on any atom is 0.165 e. The molecule has 1 aromatic carbocycles. The van der Waals surface area contributed by atoms with Crippen molar-refractivity contribution in [3.05, 3.63) is 54.1 Å². The molecule has 0 atom stereocenters. The van der Waals surface area contributed by atoms with Crippen LogP contribution in [-0.2, 0) is 6.61 Å². The number of aliphatic hydroxyl groups excluding tert-OH is 1. The number of hydrogen-bond acceptors (Lipinski definition) is 3. The van der Waals surface area contributed by atoms with Crippen molar-refractivity contribution in [2.24, 2.45) is 0 Å². The average molecular weight is 219 g/mol. The summed E-state index contributed by atoms with van der Waals surface area (Å²) in [5.41, 5.74) is 0.480. The van der Waals surface area contributed by atoms with Gasteiger partial charge in [0.15, 0.2) is 11.6 Å². The summed E-state index contributed by atoms with van der Waals surface area (Å²) >= 11 is 0. The minimum absolute atomic E-state index is 0.151. The fourth-order valence-corrected chi connectivity index (χ4v) is 1.26. The van der Waals surface area contributed by atoms with E-state index in [0.717, 1.165) is 0 Å². The molecule has 0 unspecified atom stereocenters. The van der Waals surface area contributed by atoms with Crippen LogP contribution in [0.2, 0.25) is 0 Å². The lowest BCUT2D eigenvalue weighted by Crippen LogP contribution is -1.92. The molecule has 16 heavy (non-hydrogen) atoms. The van der Waals surface area contributed by atoms with Crippen molar-refractivity contribution >= 4 is 0 Å². The zero-order valence-electron chi connectivity index (χ0n) is 8.43. The summed E-state index contributed by atoms with van der Waals surface area (Å²) in [6.07, 6.45) is 1.50. The van der Waals surface area contributed by atoms with Gasteiger partial charge in [0.1, 0.15) is 5.75 Å². The molecular formula is C12H10FNO2. The summed E-state index contributed by atoms with van der Waals surface area (Å²) in [7, 11) is 0.